The predicted molar refractivity (Wildman–Crippen MR) is 98.8 cm³/mol. The van der Waals surface area contributed by atoms with E-state index < -0.39 is 0 Å². The highest BCUT2D eigenvalue weighted by Gasteiger charge is 2.23. The third-order valence-corrected chi connectivity index (χ3v) is 5.07. The van der Waals surface area contributed by atoms with Crippen molar-refractivity contribution in [1.82, 2.24) is 15.5 Å². The summed E-state index contributed by atoms with van der Waals surface area (Å²) in [6, 6.07) is 8.88. The monoisotopic (exact) mass is 330 g/mol. The second-order valence-electron chi connectivity index (χ2n) is 6.69. The van der Waals surface area contributed by atoms with Gasteiger partial charge in [0.05, 0.1) is 6.54 Å². The van der Waals surface area contributed by atoms with E-state index in [1.165, 1.54) is 37.9 Å². The highest BCUT2D eigenvalue weighted by atomic mass is 16.5. The zero-order valence-corrected chi connectivity index (χ0v) is 14.9. The summed E-state index contributed by atoms with van der Waals surface area (Å²) < 4.78 is 5.98. The van der Waals surface area contributed by atoms with Crippen molar-refractivity contribution >= 4 is 5.96 Å². The van der Waals surface area contributed by atoms with E-state index in [1.54, 1.807) is 0 Å². The highest BCUT2D eigenvalue weighted by molar-refractivity contribution is 5.79. The normalized spacial score (nSPS) is 22.1. The van der Waals surface area contributed by atoms with E-state index >= 15 is 0 Å². The molecular weight excluding hydrogens is 300 g/mol. The van der Waals surface area contributed by atoms with Crippen molar-refractivity contribution < 1.29 is 4.74 Å². The summed E-state index contributed by atoms with van der Waals surface area (Å²) in [5.41, 5.74) is 1.30. The SMILES string of the molecule is CCC(CNC(=NC)NCC1Cc2ccccc2O1)N1CCCC1. The zero-order chi connectivity index (χ0) is 16.8. The maximum absolute atomic E-state index is 5.98. The topological polar surface area (TPSA) is 48.9 Å². The van der Waals surface area contributed by atoms with Crippen LogP contribution in [-0.2, 0) is 6.42 Å². The van der Waals surface area contributed by atoms with Gasteiger partial charge in [-0.05, 0) is 44.0 Å². The fraction of sp³-hybridized carbons (Fsp3) is 0.632. The molecular formula is C19H30N4O. The number of nitrogens with one attached hydrogen (secondary N) is 2. The van der Waals surface area contributed by atoms with E-state index in [0.29, 0.717) is 6.04 Å². The van der Waals surface area contributed by atoms with Crippen molar-refractivity contribution in [3.63, 3.8) is 0 Å². The summed E-state index contributed by atoms with van der Waals surface area (Å²) in [5.74, 6) is 1.89. The van der Waals surface area contributed by atoms with Crippen LogP contribution in [0.3, 0.4) is 0 Å². The van der Waals surface area contributed by atoms with Crippen LogP contribution in [0.15, 0.2) is 29.3 Å². The molecule has 2 aliphatic heterocycles. The number of nitrogens with zero attached hydrogens (tertiary/aromatic N) is 2. The number of guanidine groups is 1. The first-order chi connectivity index (χ1) is 11.8. The van der Waals surface area contributed by atoms with E-state index in [4.69, 9.17) is 4.74 Å². The second kappa shape index (κ2) is 8.38. The first-order valence-electron chi connectivity index (χ1n) is 9.23. The van der Waals surface area contributed by atoms with Crippen LogP contribution in [-0.4, -0.2) is 56.2 Å². The molecule has 2 aliphatic rings. The Balaban J connectivity index is 1.42. The van der Waals surface area contributed by atoms with Crippen LogP contribution in [0.25, 0.3) is 0 Å². The molecule has 5 heteroatoms. The standard InChI is InChI=1S/C19H30N4O/c1-3-16(23-10-6-7-11-23)13-21-19(20-2)22-14-17-12-15-8-4-5-9-18(15)24-17/h4-5,8-9,16-17H,3,6-7,10-14H2,1-2H3,(H2,20,21,22). The largest absolute Gasteiger partial charge is 0.488 e. The molecule has 2 unspecified atom stereocenters. The van der Waals surface area contributed by atoms with E-state index in [-0.39, 0.29) is 6.10 Å². The van der Waals surface area contributed by atoms with Crippen LogP contribution in [0.2, 0.25) is 0 Å². The maximum Gasteiger partial charge on any atom is 0.191 e. The van der Waals surface area contributed by atoms with Gasteiger partial charge in [-0.15, -0.1) is 0 Å². The van der Waals surface area contributed by atoms with Crippen LogP contribution in [0.4, 0.5) is 0 Å². The lowest BCUT2D eigenvalue weighted by atomic mass is 10.1. The Morgan fingerprint density at radius 3 is 2.79 bits per heavy atom. The average Bonchev–Trinajstić information content (AvgIpc) is 3.27. The predicted octanol–water partition coefficient (Wildman–Crippen LogP) is 2.03. The van der Waals surface area contributed by atoms with Crippen molar-refractivity contribution in [2.45, 2.75) is 44.8 Å². The van der Waals surface area contributed by atoms with E-state index in [0.717, 1.165) is 31.2 Å². The van der Waals surface area contributed by atoms with Gasteiger partial charge < -0.3 is 15.4 Å². The van der Waals surface area contributed by atoms with Gasteiger partial charge in [0.25, 0.3) is 0 Å². The molecule has 3 rings (SSSR count). The van der Waals surface area contributed by atoms with Gasteiger partial charge in [-0.2, -0.15) is 0 Å². The van der Waals surface area contributed by atoms with Crippen molar-refractivity contribution in [2.24, 2.45) is 4.99 Å². The number of rotatable bonds is 6. The van der Waals surface area contributed by atoms with Crippen molar-refractivity contribution in [3.8, 4) is 5.75 Å². The van der Waals surface area contributed by atoms with E-state index in [9.17, 15) is 0 Å². The number of hydrogen-bond acceptors (Lipinski definition) is 3. The Hall–Kier alpha value is -1.75. The second-order valence-corrected chi connectivity index (χ2v) is 6.69. The number of fused-ring (bicyclic) bond motifs is 1. The molecule has 132 valence electrons. The summed E-state index contributed by atoms with van der Waals surface area (Å²) in [6.45, 7) is 6.46. The molecule has 2 N–H and O–H groups in total. The molecule has 24 heavy (non-hydrogen) atoms. The quantitative estimate of drug-likeness (QED) is 0.619. The van der Waals surface area contributed by atoms with Gasteiger partial charge in [-0.25, -0.2) is 0 Å². The van der Waals surface area contributed by atoms with Gasteiger partial charge in [0.1, 0.15) is 11.9 Å². The number of aliphatic imine (C=N–C) groups is 1. The summed E-state index contributed by atoms with van der Waals surface area (Å²) in [6.07, 6.45) is 4.99. The van der Waals surface area contributed by atoms with Crippen molar-refractivity contribution in [1.29, 1.82) is 0 Å². The molecule has 0 amide bonds. The average molecular weight is 330 g/mol. The molecule has 2 atom stereocenters. The van der Waals surface area contributed by atoms with Crippen molar-refractivity contribution in [3.05, 3.63) is 29.8 Å². The van der Waals surface area contributed by atoms with Gasteiger partial charge in [-0.1, -0.05) is 25.1 Å². The lowest BCUT2D eigenvalue weighted by Crippen LogP contribution is -2.47. The molecule has 0 saturated carbocycles. The maximum atomic E-state index is 5.98. The van der Waals surface area contributed by atoms with Crippen LogP contribution < -0.4 is 15.4 Å². The van der Waals surface area contributed by atoms with Crippen molar-refractivity contribution in [2.75, 3.05) is 33.2 Å². The summed E-state index contributed by atoms with van der Waals surface area (Å²) in [4.78, 5) is 6.95. The number of benzene rings is 1. The van der Waals surface area contributed by atoms with Gasteiger partial charge in [0, 0.05) is 26.1 Å². The highest BCUT2D eigenvalue weighted by Crippen LogP contribution is 2.27. The molecule has 2 heterocycles. The molecule has 0 bridgehead atoms. The minimum absolute atomic E-state index is 0.182. The Labute approximate surface area is 145 Å². The fourth-order valence-electron chi connectivity index (χ4n) is 3.65. The Morgan fingerprint density at radius 2 is 2.08 bits per heavy atom. The smallest absolute Gasteiger partial charge is 0.191 e. The minimum Gasteiger partial charge on any atom is -0.488 e. The molecule has 0 spiro atoms. The first kappa shape index (κ1) is 17.1. The van der Waals surface area contributed by atoms with Gasteiger partial charge >= 0.3 is 0 Å². The van der Waals surface area contributed by atoms with Crippen LogP contribution >= 0.6 is 0 Å². The van der Waals surface area contributed by atoms with Gasteiger partial charge in [0.15, 0.2) is 5.96 Å². The van der Waals surface area contributed by atoms with Crippen LogP contribution in [0.5, 0.6) is 5.75 Å². The minimum atomic E-state index is 0.182. The number of ether oxygens (including phenoxy) is 1. The lowest BCUT2D eigenvalue weighted by molar-refractivity contribution is 0.231. The zero-order valence-electron chi connectivity index (χ0n) is 14.9. The van der Waals surface area contributed by atoms with Gasteiger partial charge in [0.2, 0.25) is 0 Å². The van der Waals surface area contributed by atoms with E-state index in [2.05, 4.69) is 39.6 Å². The fourth-order valence-corrected chi connectivity index (χ4v) is 3.65. The third-order valence-electron chi connectivity index (χ3n) is 5.07. The Morgan fingerprint density at radius 1 is 1.29 bits per heavy atom. The summed E-state index contributed by atoms with van der Waals surface area (Å²) in [5, 5.41) is 6.90. The first-order valence-corrected chi connectivity index (χ1v) is 9.23. The van der Waals surface area contributed by atoms with Gasteiger partial charge in [-0.3, -0.25) is 9.89 Å². The molecule has 1 aromatic rings. The third kappa shape index (κ3) is 4.20. The number of hydrogen-bond donors (Lipinski definition) is 2. The molecule has 1 fully saturated rings. The Kier molecular flexibility index (Phi) is 5.96. The molecule has 0 aromatic heterocycles. The van der Waals surface area contributed by atoms with Crippen LogP contribution in [0.1, 0.15) is 31.7 Å². The molecule has 1 aromatic carbocycles. The lowest BCUT2D eigenvalue weighted by Gasteiger charge is -2.27. The number of likely N-dealkylation sites (tertiary alicyclic amines) is 1. The number of para-hydroxylation sites is 1. The summed E-state index contributed by atoms with van der Waals surface area (Å²) >= 11 is 0. The molecule has 0 aliphatic carbocycles. The van der Waals surface area contributed by atoms with Crippen LogP contribution in [0, 0.1) is 0 Å². The molecule has 0 radical (unpaired) electrons. The Bertz CT molecular complexity index is 529. The summed E-state index contributed by atoms with van der Waals surface area (Å²) in [7, 11) is 1.83. The van der Waals surface area contributed by atoms with E-state index in [1.807, 2.05) is 19.2 Å². The molecule has 5 nitrogen and oxygen atoms in total. The molecule has 1 saturated heterocycles.